The Labute approximate surface area is 137 Å². The molecule has 5 heteroatoms. The van der Waals surface area contributed by atoms with Gasteiger partial charge in [-0.25, -0.2) is 4.98 Å². The second kappa shape index (κ2) is 6.38. The van der Waals surface area contributed by atoms with Crippen molar-refractivity contribution < 1.29 is 0 Å². The lowest BCUT2D eigenvalue weighted by atomic mass is 10.1. The summed E-state index contributed by atoms with van der Waals surface area (Å²) in [5, 5.41) is 4.40. The number of hydrogen-bond donors (Lipinski definition) is 0. The van der Waals surface area contributed by atoms with Crippen LogP contribution < -0.4 is 4.90 Å². The van der Waals surface area contributed by atoms with Gasteiger partial charge in [0.1, 0.15) is 5.82 Å². The van der Waals surface area contributed by atoms with Crippen LogP contribution in [0.4, 0.5) is 5.82 Å². The third-order valence-corrected chi connectivity index (χ3v) is 3.87. The molecule has 0 bridgehead atoms. The SMILES string of the molecule is Cc1cc(N(C)Cc2ccccc2CN(C)C)n2nccc2n1. The molecule has 0 aliphatic heterocycles. The van der Waals surface area contributed by atoms with Gasteiger partial charge in [0, 0.05) is 38.0 Å². The van der Waals surface area contributed by atoms with E-state index in [0.717, 1.165) is 30.2 Å². The van der Waals surface area contributed by atoms with Crippen molar-refractivity contribution in [3.63, 3.8) is 0 Å². The van der Waals surface area contributed by atoms with Crippen molar-refractivity contribution in [2.75, 3.05) is 26.0 Å². The van der Waals surface area contributed by atoms with Gasteiger partial charge >= 0.3 is 0 Å². The molecular weight excluding hydrogens is 286 g/mol. The van der Waals surface area contributed by atoms with E-state index in [1.807, 2.05) is 17.5 Å². The summed E-state index contributed by atoms with van der Waals surface area (Å²) in [7, 11) is 6.29. The Morgan fingerprint density at radius 1 is 1.00 bits per heavy atom. The van der Waals surface area contributed by atoms with Crippen molar-refractivity contribution in [2.45, 2.75) is 20.0 Å². The Morgan fingerprint density at radius 2 is 1.70 bits per heavy atom. The first-order chi connectivity index (χ1) is 11.0. The summed E-state index contributed by atoms with van der Waals surface area (Å²) < 4.78 is 1.89. The van der Waals surface area contributed by atoms with E-state index in [2.05, 4.69) is 71.4 Å². The number of benzene rings is 1. The van der Waals surface area contributed by atoms with Crippen molar-refractivity contribution in [1.29, 1.82) is 0 Å². The molecule has 0 radical (unpaired) electrons. The van der Waals surface area contributed by atoms with Gasteiger partial charge < -0.3 is 9.80 Å². The number of nitrogens with zero attached hydrogens (tertiary/aromatic N) is 5. The van der Waals surface area contributed by atoms with E-state index >= 15 is 0 Å². The van der Waals surface area contributed by atoms with Crippen molar-refractivity contribution in [2.24, 2.45) is 0 Å². The summed E-state index contributed by atoms with van der Waals surface area (Å²) >= 11 is 0. The molecule has 0 aliphatic carbocycles. The Morgan fingerprint density at radius 3 is 2.39 bits per heavy atom. The average molecular weight is 309 g/mol. The zero-order valence-corrected chi connectivity index (χ0v) is 14.2. The fraction of sp³-hybridized carbons (Fsp3) is 0.333. The summed E-state index contributed by atoms with van der Waals surface area (Å²) in [4.78, 5) is 8.93. The molecule has 3 aromatic rings. The molecular formula is C18H23N5. The second-order valence-electron chi connectivity index (χ2n) is 6.22. The highest BCUT2D eigenvalue weighted by Gasteiger charge is 2.11. The van der Waals surface area contributed by atoms with Crippen molar-refractivity contribution in [3.8, 4) is 0 Å². The van der Waals surface area contributed by atoms with Crippen LogP contribution in [0.15, 0.2) is 42.6 Å². The van der Waals surface area contributed by atoms with Crippen LogP contribution in [-0.4, -0.2) is 40.6 Å². The maximum atomic E-state index is 4.51. The third-order valence-electron chi connectivity index (χ3n) is 3.87. The molecule has 0 N–H and O–H groups in total. The first-order valence-corrected chi connectivity index (χ1v) is 7.78. The molecule has 0 fully saturated rings. The summed E-state index contributed by atoms with van der Waals surface area (Å²) in [5.74, 6) is 1.05. The largest absolute Gasteiger partial charge is 0.355 e. The fourth-order valence-electron chi connectivity index (χ4n) is 2.83. The highest BCUT2D eigenvalue weighted by atomic mass is 15.3. The van der Waals surface area contributed by atoms with Gasteiger partial charge in [-0.3, -0.25) is 0 Å². The van der Waals surface area contributed by atoms with E-state index in [1.165, 1.54) is 11.1 Å². The summed E-state index contributed by atoms with van der Waals surface area (Å²) in [6, 6.07) is 12.6. The Bertz CT molecular complexity index is 806. The smallest absolute Gasteiger partial charge is 0.157 e. The molecule has 0 saturated carbocycles. The molecule has 0 spiro atoms. The summed E-state index contributed by atoms with van der Waals surface area (Å²) in [5.41, 5.74) is 4.57. The molecule has 120 valence electrons. The van der Waals surface area contributed by atoms with E-state index in [9.17, 15) is 0 Å². The minimum absolute atomic E-state index is 0.836. The lowest BCUT2D eigenvalue weighted by Gasteiger charge is -2.23. The molecule has 5 nitrogen and oxygen atoms in total. The lowest BCUT2D eigenvalue weighted by Crippen LogP contribution is -2.22. The number of fused-ring (bicyclic) bond motifs is 1. The van der Waals surface area contributed by atoms with Crippen LogP contribution in [-0.2, 0) is 13.1 Å². The number of aromatic nitrogens is 3. The molecule has 0 unspecified atom stereocenters. The zero-order valence-electron chi connectivity index (χ0n) is 14.2. The zero-order chi connectivity index (χ0) is 16.4. The quantitative estimate of drug-likeness (QED) is 0.726. The molecule has 3 rings (SSSR count). The number of anilines is 1. The van der Waals surface area contributed by atoms with Gasteiger partial charge in [-0.15, -0.1) is 0 Å². The van der Waals surface area contributed by atoms with E-state index in [4.69, 9.17) is 0 Å². The number of hydrogen-bond acceptors (Lipinski definition) is 4. The fourth-order valence-corrected chi connectivity index (χ4v) is 2.83. The predicted octanol–water partition coefficient (Wildman–Crippen LogP) is 2.74. The first kappa shape index (κ1) is 15.5. The second-order valence-corrected chi connectivity index (χ2v) is 6.22. The van der Waals surface area contributed by atoms with Crippen LogP contribution in [0.3, 0.4) is 0 Å². The third kappa shape index (κ3) is 3.35. The molecule has 23 heavy (non-hydrogen) atoms. The van der Waals surface area contributed by atoms with Crippen LogP contribution in [0.2, 0.25) is 0 Å². The van der Waals surface area contributed by atoms with Gasteiger partial charge in [-0.1, -0.05) is 24.3 Å². The van der Waals surface area contributed by atoms with Crippen molar-refractivity contribution in [3.05, 3.63) is 59.4 Å². The standard InChI is InChI=1S/C18H23N5/c1-14-11-18(23-17(20-14)9-10-19-23)22(4)13-16-8-6-5-7-15(16)12-21(2)3/h5-11H,12-13H2,1-4H3. The van der Waals surface area contributed by atoms with Gasteiger partial charge in [0.2, 0.25) is 0 Å². The summed E-state index contributed by atoms with van der Waals surface area (Å²) in [6.07, 6.45) is 1.79. The van der Waals surface area contributed by atoms with E-state index in [1.54, 1.807) is 6.20 Å². The van der Waals surface area contributed by atoms with Gasteiger partial charge in [0.05, 0.1) is 6.20 Å². The molecule has 2 aromatic heterocycles. The minimum Gasteiger partial charge on any atom is -0.355 e. The predicted molar refractivity (Wildman–Crippen MR) is 93.7 cm³/mol. The van der Waals surface area contributed by atoms with Crippen molar-refractivity contribution >= 4 is 11.5 Å². The normalized spacial score (nSPS) is 11.3. The molecule has 0 amide bonds. The molecule has 0 saturated heterocycles. The highest BCUT2D eigenvalue weighted by Crippen LogP contribution is 2.20. The topological polar surface area (TPSA) is 36.7 Å². The van der Waals surface area contributed by atoms with E-state index in [0.29, 0.717) is 0 Å². The minimum atomic E-state index is 0.836. The summed E-state index contributed by atoms with van der Waals surface area (Å²) in [6.45, 7) is 3.79. The molecule has 1 aromatic carbocycles. The van der Waals surface area contributed by atoms with Crippen LogP contribution in [0, 0.1) is 6.92 Å². The molecule has 0 atom stereocenters. The number of rotatable bonds is 5. The monoisotopic (exact) mass is 309 g/mol. The van der Waals surface area contributed by atoms with Crippen LogP contribution in [0.1, 0.15) is 16.8 Å². The first-order valence-electron chi connectivity index (χ1n) is 7.78. The van der Waals surface area contributed by atoms with Crippen LogP contribution in [0.5, 0.6) is 0 Å². The van der Waals surface area contributed by atoms with Gasteiger partial charge in [-0.05, 0) is 32.1 Å². The maximum Gasteiger partial charge on any atom is 0.157 e. The van der Waals surface area contributed by atoms with Crippen molar-refractivity contribution in [1.82, 2.24) is 19.5 Å². The molecule has 2 heterocycles. The van der Waals surface area contributed by atoms with Gasteiger partial charge in [0.25, 0.3) is 0 Å². The van der Waals surface area contributed by atoms with Gasteiger partial charge in [-0.2, -0.15) is 9.61 Å². The lowest BCUT2D eigenvalue weighted by molar-refractivity contribution is 0.401. The number of aryl methyl sites for hydroxylation is 1. The highest BCUT2D eigenvalue weighted by molar-refractivity contribution is 5.50. The Balaban J connectivity index is 1.92. The maximum absolute atomic E-state index is 4.51. The van der Waals surface area contributed by atoms with Crippen LogP contribution >= 0.6 is 0 Å². The van der Waals surface area contributed by atoms with E-state index in [-0.39, 0.29) is 0 Å². The molecule has 0 aliphatic rings. The Kier molecular flexibility index (Phi) is 4.30. The average Bonchev–Trinajstić information content (AvgIpc) is 2.95. The van der Waals surface area contributed by atoms with Gasteiger partial charge in [0.15, 0.2) is 5.65 Å². The van der Waals surface area contributed by atoms with E-state index < -0.39 is 0 Å². The van der Waals surface area contributed by atoms with Crippen LogP contribution in [0.25, 0.3) is 5.65 Å². The Hall–Kier alpha value is -2.40.